The molecule has 0 saturated heterocycles. The number of carboxylic acid groups (broad SMARTS) is 1. The average Bonchev–Trinajstić information content (AvgIpc) is 2.05. The van der Waals surface area contributed by atoms with E-state index >= 15 is 0 Å². The van der Waals surface area contributed by atoms with Crippen molar-refractivity contribution >= 4 is 5.97 Å². The summed E-state index contributed by atoms with van der Waals surface area (Å²) in [5.41, 5.74) is 4.94. The standard InChI is InChI=1S/C7H8N2O3/c8-4-9-3-5(7(11)12)1-2-6(9)10/h1-3H,4,8H2,(H,11,12). The molecule has 5 heteroatoms. The molecule has 1 aromatic rings. The molecule has 0 aromatic carbocycles. The molecule has 0 radical (unpaired) electrons. The summed E-state index contributed by atoms with van der Waals surface area (Å²) in [5, 5.41) is 8.54. The van der Waals surface area contributed by atoms with E-state index in [1.807, 2.05) is 0 Å². The first-order valence-corrected chi connectivity index (χ1v) is 3.29. The Morgan fingerprint density at radius 3 is 2.75 bits per heavy atom. The number of nitrogens with two attached hydrogens (primary N) is 1. The molecule has 0 aliphatic carbocycles. The molecule has 0 fully saturated rings. The van der Waals surface area contributed by atoms with E-state index in [9.17, 15) is 9.59 Å². The van der Waals surface area contributed by atoms with Crippen molar-refractivity contribution in [2.45, 2.75) is 6.67 Å². The third kappa shape index (κ3) is 1.51. The second-order valence-corrected chi connectivity index (χ2v) is 2.21. The maximum absolute atomic E-state index is 10.9. The maximum Gasteiger partial charge on any atom is 0.337 e. The minimum Gasteiger partial charge on any atom is -0.478 e. The number of aromatic carboxylic acids is 1. The van der Waals surface area contributed by atoms with Crippen LogP contribution in [0, 0.1) is 0 Å². The highest BCUT2D eigenvalue weighted by atomic mass is 16.4. The molecule has 12 heavy (non-hydrogen) atoms. The van der Waals surface area contributed by atoms with Gasteiger partial charge >= 0.3 is 5.97 Å². The molecular formula is C7H8N2O3. The predicted molar refractivity (Wildman–Crippen MR) is 41.8 cm³/mol. The molecular weight excluding hydrogens is 160 g/mol. The monoisotopic (exact) mass is 168 g/mol. The number of carbonyl (C=O) groups is 1. The molecule has 0 saturated carbocycles. The van der Waals surface area contributed by atoms with Crippen LogP contribution in [0.3, 0.4) is 0 Å². The van der Waals surface area contributed by atoms with Crippen molar-refractivity contribution in [3.05, 3.63) is 34.2 Å². The Labute approximate surface area is 68.0 Å². The van der Waals surface area contributed by atoms with Gasteiger partial charge in [-0.1, -0.05) is 0 Å². The van der Waals surface area contributed by atoms with Gasteiger partial charge in [0, 0.05) is 12.3 Å². The van der Waals surface area contributed by atoms with Gasteiger partial charge < -0.3 is 15.4 Å². The highest BCUT2D eigenvalue weighted by molar-refractivity contribution is 5.87. The highest BCUT2D eigenvalue weighted by Gasteiger charge is 2.03. The quantitative estimate of drug-likeness (QED) is 0.621. The van der Waals surface area contributed by atoms with Crippen molar-refractivity contribution < 1.29 is 9.90 Å². The van der Waals surface area contributed by atoms with E-state index in [4.69, 9.17) is 10.8 Å². The van der Waals surface area contributed by atoms with Crippen LogP contribution >= 0.6 is 0 Å². The van der Waals surface area contributed by atoms with Gasteiger partial charge in [0.05, 0.1) is 12.2 Å². The lowest BCUT2D eigenvalue weighted by Crippen LogP contribution is -2.23. The first-order valence-electron chi connectivity index (χ1n) is 3.29. The summed E-state index contributed by atoms with van der Waals surface area (Å²) in [6, 6.07) is 2.42. The van der Waals surface area contributed by atoms with Gasteiger partial charge in [0.1, 0.15) is 0 Å². The van der Waals surface area contributed by atoms with Crippen LogP contribution in [0.1, 0.15) is 10.4 Å². The predicted octanol–water partition coefficient (Wildman–Crippen LogP) is -0.537. The molecule has 0 aliphatic rings. The molecule has 1 aromatic heterocycles. The molecule has 0 aliphatic heterocycles. The summed E-state index contributed by atoms with van der Waals surface area (Å²) in [6.07, 6.45) is 1.21. The van der Waals surface area contributed by atoms with Crippen LogP contribution in [0.4, 0.5) is 0 Å². The number of rotatable bonds is 2. The molecule has 0 amide bonds. The summed E-state index contributed by atoms with van der Waals surface area (Å²) in [4.78, 5) is 21.3. The van der Waals surface area contributed by atoms with Gasteiger partial charge in [-0.2, -0.15) is 0 Å². The van der Waals surface area contributed by atoms with Gasteiger partial charge in [0.15, 0.2) is 0 Å². The van der Waals surface area contributed by atoms with E-state index in [-0.39, 0.29) is 17.8 Å². The number of carboxylic acids is 1. The van der Waals surface area contributed by atoms with Crippen molar-refractivity contribution in [2.75, 3.05) is 0 Å². The second-order valence-electron chi connectivity index (χ2n) is 2.21. The van der Waals surface area contributed by atoms with E-state index in [2.05, 4.69) is 0 Å². The number of aromatic nitrogens is 1. The zero-order valence-corrected chi connectivity index (χ0v) is 6.23. The molecule has 3 N–H and O–H groups in total. The molecule has 0 bridgehead atoms. The fourth-order valence-corrected chi connectivity index (χ4v) is 0.801. The summed E-state index contributed by atoms with van der Waals surface area (Å²) in [5.74, 6) is -1.07. The van der Waals surface area contributed by atoms with Crippen LogP contribution in [0.15, 0.2) is 23.1 Å². The molecule has 0 spiro atoms. The largest absolute Gasteiger partial charge is 0.478 e. The fourth-order valence-electron chi connectivity index (χ4n) is 0.801. The lowest BCUT2D eigenvalue weighted by molar-refractivity contribution is 0.0696. The van der Waals surface area contributed by atoms with Crippen molar-refractivity contribution in [3.8, 4) is 0 Å². The van der Waals surface area contributed by atoms with Crippen LogP contribution < -0.4 is 11.3 Å². The lowest BCUT2D eigenvalue weighted by atomic mass is 10.3. The van der Waals surface area contributed by atoms with Crippen molar-refractivity contribution in [1.82, 2.24) is 4.57 Å². The van der Waals surface area contributed by atoms with E-state index in [1.54, 1.807) is 0 Å². The second kappa shape index (κ2) is 3.19. The van der Waals surface area contributed by atoms with Crippen molar-refractivity contribution in [3.63, 3.8) is 0 Å². The van der Waals surface area contributed by atoms with E-state index in [0.29, 0.717) is 0 Å². The third-order valence-corrected chi connectivity index (χ3v) is 1.43. The Morgan fingerprint density at radius 1 is 1.58 bits per heavy atom. The Balaban J connectivity index is 3.23. The SMILES string of the molecule is NCn1cc(C(=O)O)ccc1=O. The van der Waals surface area contributed by atoms with Gasteiger partial charge in [0.2, 0.25) is 0 Å². The fraction of sp³-hybridized carbons (Fsp3) is 0.143. The zero-order valence-electron chi connectivity index (χ0n) is 6.23. The molecule has 64 valence electrons. The first-order chi connectivity index (χ1) is 5.65. The van der Waals surface area contributed by atoms with Crippen molar-refractivity contribution in [1.29, 1.82) is 0 Å². The van der Waals surface area contributed by atoms with Crippen LogP contribution in [0.2, 0.25) is 0 Å². The molecule has 1 rings (SSSR count). The minimum absolute atomic E-state index is 0.0139. The van der Waals surface area contributed by atoms with Crippen LogP contribution in [-0.4, -0.2) is 15.6 Å². The highest BCUT2D eigenvalue weighted by Crippen LogP contribution is 1.93. The molecule has 0 unspecified atom stereocenters. The van der Waals surface area contributed by atoms with Crippen LogP contribution in [-0.2, 0) is 6.67 Å². The third-order valence-electron chi connectivity index (χ3n) is 1.43. The minimum atomic E-state index is -1.07. The van der Waals surface area contributed by atoms with E-state index < -0.39 is 5.97 Å². The Morgan fingerprint density at radius 2 is 2.25 bits per heavy atom. The summed E-state index contributed by atoms with van der Waals surface area (Å²) < 4.78 is 1.13. The van der Waals surface area contributed by atoms with Gasteiger partial charge in [-0.25, -0.2) is 4.79 Å². The Hall–Kier alpha value is -1.62. The number of nitrogens with zero attached hydrogens (tertiary/aromatic N) is 1. The van der Waals surface area contributed by atoms with Gasteiger partial charge in [-0.15, -0.1) is 0 Å². The molecule has 0 atom stereocenters. The summed E-state index contributed by atoms with van der Waals surface area (Å²) in [6.45, 7) is -0.0139. The zero-order chi connectivity index (χ0) is 9.14. The molecule has 1 heterocycles. The van der Waals surface area contributed by atoms with E-state index in [1.165, 1.54) is 18.3 Å². The topological polar surface area (TPSA) is 85.3 Å². The lowest BCUT2D eigenvalue weighted by Gasteiger charge is -2.00. The van der Waals surface area contributed by atoms with Gasteiger partial charge in [-0.05, 0) is 6.07 Å². The Kier molecular flexibility index (Phi) is 2.25. The first kappa shape index (κ1) is 8.48. The maximum atomic E-state index is 10.9. The Bertz CT molecular complexity index is 356. The number of hydrogen-bond donors (Lipinski definition) is 2. The molecule has 5 nitrogen and oxygen atoms in total. The van der Waals surface area contributed by atoms with Crippen LogP contribution in [0.5, 0.6) is 0 Å². The average molecular weight is 168 g/mol. The summed E-state index contributed by atoms with van der Waals surface area (Å²) >= 11 is 0. The number of pyridine rings is 1. The van der Waals surface area contributed by atoms with E-state index in [0.717, 1.165) is 4.57 Å². The van der Waals surface area contributed by atoms with Gasteiger partial charge in [0.25, 0.3) is 5.56 Å². The smallest absolute Gasteiger partial charge is 0.337 e. The van der Waals surface area contributed by atoms with Crippen LogP contribution in [0.25, 0.3) is 0 Å². The van der Waals surface area contributed by atoms with Gasteiger partial charge in [-0.3, -0.25) is 4.79 Å². The number of hydrogen-bond acceptors (Lipinski definition) is 3. The summed E-state index contributed by atoms with van der Waals surface area (Å²) in [7, 11) is 0. The normalized spacial score (nSPS) is 9.75. The van der Waals surface area contributed by atoms with Crippen molar-refractivity contribution in [2.24, 2.45) is 5.73 Å².